The maximum absolute atomic E-state index is 11.5. The molecule has 5 nitrogen and oxygen atoms in total. The molecular formula is C14H18NO4-. The van der Waals surface area contributed by atoms with Crippen LogP contribution in [0.3, 0.4) is 0 Å². The molecule has 0 fully saturated rings. The number of hydrogen-bond donors (Lipinski definition) is 1. The topological polar surface area (TPSA) is 78.5 Å². The molecule has 1 atom stereocenters. The molecule has 0 radical (unpaired) electrons. The molecule has 0 spiro atoms. The molecule has 19 heavy (non-hydrogen) atoms. The fraction of sp³-hybridized carbons (Fsp3) is 0.429. The SMILES string of the molecule is CCCC[C@@H](NC(=O)OCc1ccccc1)C(=O)[O-]. The fourth-order valence-electron chi connectivity index (χ4n) is 1.56. The summed E-state index contributed by atoms with van der Waals surface area (Å²) in [7, 11) is 0. The number of aliphatic carboxylic acids is 1. The molecule has 0 bridgehead atoms. The van der Waals surface area contributed by atoms with E-state index in [-0.39, 0.29) is 6.61 Å². The minimum absolute atomic E-state index is 0.111. The van der Waals surface area contributed by atoms with Crippen molar-refractivity contribution in [3.8, 4) is 0 Å². The molecule has 0 aliphatic rings. The lowest BCUT2D eigenvalue weighted by molar-refractivity contribution is -0.308. The summed E-state index contributed by atoms with van der Waals surface area (Å²) in [6, 6.07) is 8.17. The van der Waals surface area contributed by atoms with Gasteiger partial charge in [0.25, 0.3) is 0 Å². The molecule has 104 valence electrons. The highest BCUT2D eigenvalue weighted by atomic mass is 16.5. The minimum atomic E-state index is -1.29. The van der Waals surface area contributed by atoms with Crippen LogP contribution in [0.1, 0.15) is 31.7 Å². The molecule has 0 aromatic heterocycles. The van der Waals surface area contributed by atoms with Crippen molar-refractivity contribution in [3.05, 3.63) is 35.9 Å². The first-order valence-corrected chi connectivity index (χ1v) is 6.31. The Morgan fingerprint density at radius 2 is 2.00 bits per heavy atom. The number of carboxylic acids is 1. The first kappa shape index (κ1) is 15.0. The number of nitrogens with one attached hydrogen (secondary N) is 1. The van der Waals surface area contributed by atoms with Crippen molar-refractivity contribution in [2.45, 2.75) is 38.8 Å². The highest BCUT2D eigenvalue weighted by Crippen LogP contribution is 2.03. The van der Waals surface area contributed by atoms with E-state index in [1.54, 1.807) is 0 Å². The smallest absolute Gasteiger partial charge is 0.407 e. The van der Waals surface area contributed by atoms with E-state index in [1.807, 2.05) is 37.3 Å². The largest absolute Gasteiger partial charge is 0.548 e. The van der Waals surface area contributed by atoms with E-state index in [0.717, 1.165) is 12.0 Å². The molecule has 0 unspecified atom stereocenters. The van der Waals surface area contributed by atoms with Gasteiger partial charge in [-0.1, -0.05) is 50.1 Å². The summed E-state index contributed by atoms with van der Waals surface area (Å²) in [6.07, 6.45) is 1.16. The number of hydrogen-bond acceptors (Lipinski definition) is 4. The number of ether oxygens (including phenoxy) is 1. The molecular weight excluding hydrogens is 246 g/mol. The van der Waals surface area contributed by atoms with Gasteiger partial charge in [-0.05, 0) is 12.0 Å². The van der Waals surface area contributed by atoms with Gasteiger partial charge in [0.2, 0.25) is 0 Å². The third-order valence-electron chi connectivity index (χ3n) is 2.64. The highest BCUT2D eigenvalue weighted by molar-refractivity contribution is 5.78. The van der Waals surface area contributed by atoms with Gasteiger partial charge < -0.3 is 20.0 Å². The standard InChI is InChI=1S/C14H19NO4/c1-2-3-9-12(13(16)17)15-14(18)19-10-11-7-5-4-6-8-11/h4-8,12H,2-3,9-10H2,1H3,(H,15,18)(H,16,17)/p-1/t12-/m1/s1. The molecule has 0 aliphatic heterocycles. The first-order chi connectivity index (χ1) is 9.13. The third-order valence-corrected chi connectivity index (χ3v) is 2.64. The summed E-state index contributed by atoms with van der Waals surface area (Å²) in [6.45, 7) is 2.06. The summed E-state index contributed by atoms with van der Waals surface area (Å²) in [5, 5.41) is 13.1. The molecule has 1 aromatic rings. The van der Waals surface area contributed by atoms with Gasteiger partial charge in [-0.3, -0.25) is 0 Å². The Labute approximate surface area is 112 Å². The van der Waals surface area contributed by atoms with Gasteiger partial charge in [-0.25, -0.2) is 4.79 Å². The van der Waals surface area contributed by atoms with Gasteiger partial charge in [0.05, 0.1) is 12.0 Å². The maximum atomic E-state index is 11.5. The Kier molecular flexibility index (Phi) is 6.43. The molecule has 0 saturated carbocycles. The predicted molar refractivity (Wildman–Crippen MR) is 68.1 cm³/mol. The molecule has 1 amide bonds. The van der Waals surface area contributed by atoms with Gasteiger partial charge in [0.15, 0.2) is 0 Å². The Morgan fingerprint density at radius 1 is 1.32 bits per heavy atom. The van der Waals surface area contributed by atoms with E-state index < -0.39 is 18.1 Å². The van der Waals surface area contributed by atoms with E-state index >= 15 is 0 Å². The van der Waals surface area contributed by atoms with E-state index in [4.69, 9.17) is 4.74 Å². The zero-order valence-corrected chi connectivity index (χ0v) is 10.9. The summed E-state index contributed by atoms with van der Waals surface area (Å²) in [4.78, 5) is 22.3. The molecule has 0 aliphatic carbocycles. The summed E-state index contributed by atoms with van der Waals surface area (Å²) >= 11 is 0. The van der Waals surface area contributed by atoms with Crippen LogP contribution in [0.4, 0.5) is 4.79 Å². The van der Waals surface area contributed by atoms with Crippen LogP contribution in [-0.2, 0) is 16.1 Å². The Balaban J connectivity index is 2.38. The summed E-state index contributed by atoms with van der Waals surface area (Å²) in [5.41, 5.74) is 0.844. The number of rotatable bonds is 7. The summed E-state index contributed by atoms with van der Waals surface area (Å²) < 4.78 is 4.95. The Morgan fingerprint density at radius 3 is 2.58 bits per heavy atom. The maximum Gasteiger partial charge on any atom is 0.407 e. The van der Waals surface area contributed by atoms with Gasteiger partial charge in [-0.15, -0.1) is 0 Å². The second-order valence-corrected chi connectivity index (χ2v) is 4.22. The lowest BCUT2D eigenvalue weighted by Crippen LogP contribution is -2.47. The van der Waals surface area contributed by atoms with Gasteiger partial charge in [-0.2, -0.15) is 0 Å². The predicted octanol–water partition coefficient (Wildman–Crippen LogP) is 1.22. The second-order valence-electron chi connectivity index (χ2n) is 4.22. The lowest BCUT2D eigenvalue weighted by atomic mass is 10.1. The van der Waals surface area contributed by atoms with Crippen LogP contribution in [0, 0.1) is 0 Å². The van der Waals surface area contributed by atoms with Gasteiger partial charge in [0, 0.05) is 0 Å². The van der Waals surface area contributed by atoms with E-state index in [0.29, 0.717) is 12.8 Å². The molecule has 5 heteroatoms. The quantitative estimate of drug-likeness (QED) is 0.803. The Bertz CT molecular complexity index is 405. The van der Waals surface area contributed by atoms with Crippen LogP contribution in [0.15, 0.2) is 30.3 Å². The fourth-order valence-corrected chi connectivity index (χ4v) is 1.56. The Hall–Kier alpha value is -2.04. The number of carbonyl (C=O) groups excluding carboxylic acids is 2. The van der Waals surface area contributed by atoms with Crippen LogP contribution in [-0.4, -0.2) is 18.1 Å². The minimum Gasteiger partial charge on any atom is -0.548 e. The zero-order valence-electron chi connectivity index (χ0n) is 10.9. The van der Waals surface area contributed by atoms with Crippen LogP contribution in [0.5, 0.6) is 0 Å². The van der Waals surface area contributed by atoms with Crippen molar-refractivity contribution in [2.75, 3.05) is 0 Å². The average Bonchev–Trinajstić information content (AvgIpc) is 2.42. The number of alkyl carbamates (subject to hydrolysis) is 1. The number of amides is 1. The number of benzene rings is 1. The second kappa shape index (κ2) is 8.13. The lowest BCUT2D eigenvalue weighted by Gasteiger charge is -2.19. The molecule has 1 aromatic carbocycles. The van der Waals surface area contributed by atoms with Crippen molar-refractivity contribution in [1.82, 2.24) is 5.32 Å². The van der Waals surface area contributed by atoms with Crippen LogP contribution < -0.4 is 10.4 Å². The van der Waals surface area contributed by atoms with Gasteiger partial charge >= 0.3 is 6.09 Å². The molecule has 0 heterocycles. The molecule has 1 N–H and O–H groups in total. The van der Waals surface area contributed by atoms with Crippen LogP contribution in [0.25, 0.3) is 0 Å². The van der Waals surface area contributed by atoms with E-state index in [1.165, 1.54) is 0 Å². The zero-order chi connectivity index (χ0) is 14.1. The first-order valence-electron chi connectivity index (χ1n) is 6.31. The highest BCUT2D eigenvalue weighted by Gasteiger charge is 2.13. The monoisotopic (exact) mass is 264 g/mol. The van der Waals surface area contributed by atoms with Crippen LogP contribution in [0.2, 0.25) is 0 Å². The average molecular weight is 264 g/mol. The van der Waals surface area contributed by atoms with Crippen LogP contribution >= 0.6 is 0 Å². The van der Waals surface area contributed by atoms with Gasteiger partial charge in [0.1, 0.15) is 6.61 Å². The molecule has 0 saturated heterocycles. The number of carbonyl (C=O) groups is 2. The molecule has 1 rings (SSSR count). The van der Waals surface area contributed by atoms with Crippen molar-refractivity contribution < 1.29 is 19.4 Å². The number of carboxylic acid groups (broad SMARTS) is 1. The van der Waals surface area contributed by atoms with E-state index in [9.17, 15) is 14.7 Å². The summed E-state index contributed by atoms with van der Waals surface area (Å²) in [5.74, 6) is -1.29. The number of unbranched alkanes of at least 4 members (excludes halogenated alkanes) is 1. The van der Waals surface area contributed by atoms with Crippen molar-refractivity contribution in [3.63, 3.8) is 0 Å². The van der Waals surface area contributed by atoms with E-state index in [2.05, 4.69) is 5.32 Å². The normalized spacial score (nSPS) is 11.6. The van der Waals surface area contributed by atoms with Crippen molar-refractivity contribution >= 4 is 12.1 Å². The van der Waals surface area contributed by atoms with Crippen molar-refractivity contribution in [2.24, 2.45) is 0 Å². The third kappa shape index (κ3) is 5.90. The van der Waals surface area contributed by atoms with Crippen molar-refractivity contribution in [1.29, 1.82) is 0 Å².